The second-order valence-corrected chi connectivity index (χ2v) is 7.48. The van der Waals surface area contributed by atoms with Gasteiger partial charge in [0.25, 0.3) is 0 Å². The van der Waals surface area contributed by atoms with Crippen molar-refractivity contribution in [3.8, 4) is 0 Å². The molecule has 1 fully saturated rings. The van der Waals surface area contributed by atoms with Crippen LogP contribution in [0, 0.1) is 6.92 Å². The van der Waals surface area contributed by atoms with E-state index in [9.17, 15) is 13.8 Å². The molecule has 1 amide bonds. The summed E-state index contributed by atoms with van der Waals surface area (Å²) in [6, 6.07) is 5.84. The molecular formula is C17H24N2O3S. The molecule has 1 spiro atoms. The molecule has 1 aromatic carbocycles. The largest absolute Gasteiger partial charge is 0.304 e. The third-order valence-electron chi connectivity index (χ3n) is 4.13. The summed E-state index contributed by atoms with van der Waals surface area (Å²) in [5, 5.41) is 0. The van der Waals surface area contributed by atoms with E-state index in [0.29, 0.717) is 13.1 Å². The van der Waals surface area contributed by atoms with E-state index in [1.807, 2.05) is 25.1 Å². The van der Waals surface area contributed by atoms with Gasteiger partial charge in [-0.05, 0) is 18.6 Å². The van der Waals surface area contributed by atoms with Gasteiger partial charge in [-0.1, -0.05) is 38.0 Å². The molecule has 5 nitrogen and oxygen atoms in total. The average Bonchev–Trinajstić information content (AvgIpc) is 2.67. The van der Waals surface area contributed by atoms with Gasteiger partial charge in [0.2, 0.25) is 5.91 Å². The number of anilines is 1. The van der Waals surface area contributed by atoms with E-state index in [1.54, 1.807) is 10.6 Å². The zero-order chi connectivity index (χ0) is 17.2. The topological polar surface area (TPSA) is 57.7 Å². The number of hydrogen-bond donors (Lipinski definition) is 0. The predicted octanol–water partition coefficient (Wildman–Crippen LogP) is 1.80. The van der Waals surface area contributed by atoms with Gasteiger partial charge >= 0.3 is 0 Å². The quantitative estimate of drug-likeness (QED) is 0.791. The lowest BCUT2D eigenvalue weighted by Crippen LogP contribution is -2.64. The Morgan fingerprint density at radius 3 is 2.43 bits per heavy atom. The summed E-state index contributed by atoms with van der Waals surface area (Å²) in [6.07, 6.45) is 3.61. The number of aryl methyl sites for hydroxylation is 1. The van der Waals surface area contributed by atoms with Gasteiger partial charge in [0.05, 0.1) is 17.5 Å². The zero-order valence-corrected chi connectivity index (χ0v) is 15.0. The Labute approximate surface area is 140 Å². The minimum atomic E-state index is -1.06. The molecule has 0 N–H and O–H groups in total. The monoisotopic (exact) mass is 336 g/mol. The van der Waals surface area contributed by atoms with Gasteiger partial charge in [-0.15, -0.1) is 0 Å². The van der Waals surface area contributed by atoms with Crippen LogP contribution in [0.25, 0.3) is 0 Å². The van der Waals surface area contributed by atoms with Crippen LogP contribution in [0.4, 0.5) is 5.69 Å². The van der Waals surface area contributed by atoms with Crippen molar-refractivity contribution in [2.24, 2.45) is 0 Å². The minimum Gasteiger partial charge on any atom is -0.304 e. The van der Waals surface area contributed by atoms with E-state index in [2.05, 4.69) is 13.8 Å². The normalized spacial score (nSPS) is 19.7. The van der Waals surface area contributed by atoms with Crippen molar-refractivity contribution < 1.29 is 13.8 Å². The number of benzene rings is 1. The van der Waals surface area contributed by atoms with Crippen LogP contribution in [-0.2, 0) is 26.0 Å². The van der Waals surface area contributed by atoms with Crippen LogP contribution >= 0.6 is 0 Å². The Morgan fingerprint density at radius 2 is 1.91 bits per heavy atom. The van der Waals surface area contributed by atoms with Crippen LogP contribution in [0.1, 0.15) is 31.4 Å². The molecular weight excluding hydrogens is 312 g/mol. The molecule has 1 unspecified atom stereocenters. The van der Waals surface area contributed by atoms with Crippen LogP contribution < -0.4 is 4.90 Å². The summed E-state index contributed by atoms with van der Waals surface area (Å²) in [5.41, 5.74) is 2.25. The van der Waals surface area contributed by atoms with Gasteiger partial charge in [0.1, 0.15) is 11.7 Å². The van der Waals surface area contributed by atoms with Gasteiger partial charge in [-0.25, -0.2) is 8.51 Å². The molecule has 23 heavy (non-hydrogen) atoms. The summed E-state index contributed by atoms with van der Waals surface area (Å²) in [4.78, 5) is 25.0. The molecule has 0 bridgehead atoms. The molecule has 2 aliphatic rings. The first-order valence-electron chi connectivity index (χ1n) is 7.86. The molecule has 2 heterocycles. The number of fused-ring (bicyclic) bond motifs is 2. The number of carbonyl (C=O) groups excluding carboxylic acids is 2. The first-order chi connectivity index (χ1) is 10.9. The Bertz CT molecular complexity index is 639. The van der Waals surface area contributed by atoms with Crippen molar-refractivity contribution in [3.05, 3.63) is 29.3 Å². The molecule has 0 aromatic heterocycles. The summed E-state index contributed by atoms with van der Waals surface area (Å²) in [5.74, 6) is -0.0492. The second-order valence-electron chi connectivity index (χ2n) is 6.11. The summed E-state index contributed by atoms with van der Waals surface area (Å²) in [7, 11) is -1.06. The fourth-order valence-electron chi connectivity index (χ4n) is 3.05. The number of carbonyl (C=O) groups is 2. The Kier molecular flexibility index (Phi) is 5.37. The molecule has 0 radical (unpaired) electrons. The Hall–Kier alpha value is -1.53. The van der Waals surface area contributed by atoms with Crippen molar-refractivity contribution in [1.82, 2.24) is 4.31 Å². The summed E-state index contributed by atoms with van der Waals surface area (Å²) >= 11 is 0. The van der Waals surface area contributed by atoms with Crippen LogP contribution in [0.15, 0.2) is 18.2 Å². The van der Waals surface area contributed by atoms with Crippen LogP contribution in [-0.4, -0.2) is 46.6 Å². The molecule has 1 atom stereocenters. The van der Waals surface area contributed by atoms with E-state index >= 15 is 0 Å². The number of hydrogen-bond acceptors (Lipinski definition) is 3. The maximum Gasteiger partial charge on any atom is 0.240 e. The zero-order valence-electron chi connectivity index (χ0n) is 14.2. The van der Waals surface area contributed by atoms with E-state index < -0.39 is 16.4 Å². The molecule has 0 aliphatic carbocycles. The SMILES string of the molecule is CCC.Cc1ccc2c(c1)C1(CN(S(C)=O)C1)C(=O)N2CC=O. The van der Waals surface area contributed by atoms with Gasteiger partial charge < -0.3 is 9.69 Å². The van der Waals surface area contributed by atoms with E-state index in [0.717, 1.165) is 23.1 Å². The standard InChI is InChI=1S/C14H16N2O3S.C3H8/c1-10-3-4-12-11(7-10)14(8-15(9-14)20(2)19)13(18)16(12)5-6-17;1-3-2/h3-4,6-7H,5,8-9H2,1-2H3;3H2,1-2H3. The highest BCUT2D eigenvalue weighted by molar-refractivity contribution is 7.81. The van der Waals surface area contributed by atoms with Crippen LogP contribution in [0.5, 0.6) is 0 Å². The van der Waals surface area contributed by atoms with Crippen LogP contribution in [0.3, 0.4) is 0 Å². The molecule has 1 saturated heterocycles. The second kappa shape index (κ2) is 6.93. The van der Waals surface area contributed by atoms with Crippen LogP contribution in [0.2, 0.25) is 0 Å². The number of amides is 1. The Morgan fingerprint density at radius 1 is 1.30 bits per heavy atom. The van der Waals surface area contributed by atoms with Crippen molar-refractivity contribution in [1.29, 1.82) is 0 Å². The first-order valence-corrected chi connectivity index (χ1v) is 9.38. The number of nitrogens with zero attached hydrogens (tertiary/aromatic N) is 2. The summed E-state index contributed by atoms with van der Waals surface area (Å²) < 4.78 is 13.3. The van der Waals surface area contributed by atoms with Crippen molar-refractivity contribution >= 4 is 28.9 Å². The molecule has 126 valence electrons. The lowest BCUT2D eigenvalue weighted by Gasteiger charge is -2.45. The van der Waals surface area contributed by atoms with Gasteiger partial charge in [0.15, 0.2) is 0 Å². The fraction of sp³-hybridized carbons (Fsp3) is 0.529. The summed E-state index contributed by atoms with van der Waals surface area (Å²) in [6.45, 7) is 7.22. The molecule has 6 heteroatoms. The fourth-order valence-corrected chi connectivity index (χ4v) is 3.85. The molecule has 0 saturated carbocycles. The van der Waals surface area contributed by atoms with Crippen molar-refractivity contribution in [2.45, 2.75) is 32.6 Å². The third-order valence-corrected chi connectivity index (χ3v) is 5.11. The number of aldehydes is 1. The van der Waals surface area contributed by atoms with Gasteiger partial charge in [-0.2, -0.15) is 0 Å². The van der Waals surface area contributed by atoms with Gasteiger partial charge in [0, 0.05) is 25.0 Å². The van der Waals surface area contributed by atoms with Crippen molar-refractivity contribution in [3.63, 3.8) is 0 Å². The molecule has 3 rings (SSSR count). The lowest BCUT2D eigenvalue weighted by atomic mass is 9.76. The van der Waals surface area contributed by atoms with E-state index in [-0.39, 0.29) is 12.5 Å². The highest BCUT2D eigenvalue weighted by Gasteiger charge is 2.58. The smallest absolute Gasteiger partial charge is 0.240 e. The van der Waals surface area contributed by atoms with Gasteiger partial charge in [-0.3, -0.25) is 4.79 Å². The third kappa shape index (κ3) is 2.97. The maximum absolute atomic E-state index is 12.7. The minimum absolute atomic E-state index is 0.0492. The molecule has 1 aromatic rings. The maximum atomic E-state index is 12.7. The number of rotatable bonds is 3. The van der Waals surface area contributed by atoms with E-state index in [4.69, 9.17) is 0 Å². The van der Waals surface area contributed by atoms with E-state index in [1.165, 1.54) is 11.3 Å². The highest BCUT2D eigenvalue weighted by Crippen LogP contribution is 2.47. The lowest BCUT2D eigenvalue weighted by molar-refractivity contribution is -0.127. The highest BCUT2D eigenvalue weighted by atomic mass is 32.2. The average molecular weight is 336 g/mol. The predicted molar refractivity (Wildman–Crippen MR) is 92.9 cm³/mol. The Balaban J connectivity index is 0.000000595. The molecule has 2 aliphatic heterocycles. The van der Waals surface area contributed by atoms with Crippen molar-refractivity contribution in [2.75, 3.05) is 30.8 Å². The first kappa shape index (κ1) is 17.8.